The zero-order chi connectivity index (χ0) is 11.1. The third-order valence-electron chi connectivity index (χ3n) is 3.79. The van der Waals surface area contributed by atoms with Crippen molar-refractivity contribution in [2.45, 2.75) is 46.1 Å². The Balaban J connectivity index is 2.42. The molecule has 0 amide bonds. The molecule has 0 aliphatic heterocycles. The van der Waals surface area contributed by atoms with Crippen LogP contribution >= 0.6 is 0 Å². The van der Waals surface area contributed by atoms with Crippen molar-refractivity contribution >= 4 is 10.9 Å². The molecule has 3 rings (SSSR count). The molecule has 2 heterocycles. The summed E-state index contributed by atoms with van der Waals surface area (Å²) in [5.41, 5.74) is 5.85. The third-order valence-corrected chi connectivity index (χ3v) is 3.79. The molecule has 0 saturated heterocycles. The predicted octanol–water partition coefficient (Wildman–Crippen LogP) is 3.24. The Morgan fingerprint density at radius 3 is 2.88 bits per heavy atom. The normalized spacial score (nSPS) is 15.4. The van der Waals surface area contributed by atoms with Gasteiger partial charge in [0.05, 0.1) is 11.7 Å². The van der Waals surface area contributed by atoms with Crippen LogP contribution < -0.4 is 0 Å². The number of nitrogens with zero attached hydrogens (tertiary/aromatic N) is 2. The fourth-order valence-corrected chi connectivity index (χ4v) is 3.11. The fourth-order valence-electron chi connectivity index (χ4n) is 3.11. The Bertz CT molecular complexity index is 537. The summed E-state index contributed by atoms with van der Waals surface area (Å²) in [5.74, 6) is 0. The highest BCUT2D eigenvalue weighted by Crippen LogP contribution is 2.33. The zero-order valence-electron chi connectivity index (χ0n) is 10.1. The SMILES string of the molecule is CCn1c2c(c3c(C)cncc31)CCCC2. The van der Waals surface area contributed by atoms with Crippen LogP contribution in [0.25, 0.3) is 10.9 Å². The minimum Gasteiger partial charge on any atom is -0.343 e. The van der Waals surface area contributed by atoms with Crippen molar-refractivity contribution in [3.05, 3.63) is 29.2 Å². The number of hydrogen-bond acceptors (Lipinski definition) is 1. The van der Waals surface area contributed by atoms with E-state index >= 15 is 0 Å². The highest BCUT2D eigenvalue weighted by molar-refractivity contribution is 5.88. The van der Waals surface area contributed by atoms with Crippen molar-refractivity contribution in [1.82, 2.24) is 9.55 Å². The standard InChI is InChI=1S/C14H18N2/c1-3-16-12-7-5-4-6-11(12)14-10(2)8-15-9-13(14)16/h8-9H,3-7H2,1-2H3. The van der Waals surface area contributed by atoms with Crippen LogP contribution in [0.5, 0.6) is 0 Å². The average molecular weight is 214 g/mol. The van der Waals surface area contributed by atoms with E-state index in [1.54, 1.807) is 11.3 Å². The second kappa shape index (κ2) is 3.62. The third kappa shape index (κ3) is 1.22. The zero-order valence-corrected chi connectivity index (χ0v) is 10.1. The van der Waals surface area contributed by atoms with E-state index in [-0.39, 0.29) is 0 Å². The van der Waals surface area contributed by atoms with E-state index in [0.29, 0.717) is 0 Å². The molecule has 2 heteroatoms. The lowest BCUT2D eigenvalue weighted by Crippen LogP contribution is -2.07. The Kier molecular flexibility index (Phi) is 2.23. The fraction of sp³-hybridized carbons (Fsp3) is 0.500. The van der Waals surface area contributed by atoms with Gasteiger partial charge >= 0.3 is 0 Å². The van der Waals surface area contributed by atoms with Gasteiger partial charge in [-0.3, -0.25) is 4.98 Å². The van der Waals surface area contributed by atoms with Gasteiger partial charge in [0.15, 0.2) is 0 Å². The molecule has 2 aromatic rings. The Morgan fingerprint density at radius 1 is 1.25 bits per heavy atom. The summed E-state index contributed by atoms with van der Waals surface area (Å²) in [6.07, 6.45) is 9.22. The maximum atomic E-state index is 4.34. The van der Waals surface area contributed by atoms with E-state index in [0.717, 1.165) is 6.54 Å². The molecule has 0 radical (unpaired) electrons. The molecule has 0 aromatic carbocycles. The summed E-state index contributed by atoms with van der Waals surface area (Å²) in [5, 5.41) is 1.48. The number of aryl methyl sites for hydroxylation is 3. The monoisotopic (exact) mass is 214 g/mol. The molecule has 0 spiro atoms. The second-order valence-corrected chi connectivity index (χ2v) is 4.73. The van der Waals surface area contributed by atoms with Crippen molar-refractivity contribution in [3.8, 4) is 0 Å². The number of hydrogen-bond donors (Lipinski definition) is 0. The van der Waals surface area contributed by atoms with Gasteiger partial charge in [-0.1, -0.05) is 0 Å². The van der Waals surface area contributed by atoms with E-state index in [1.807, 2.05) is 12.4 Å². The van der Waals surface area contributed by atoms with Gasteiger partial charge in [0.25, 0.3) is 0 Å². The second-order valence-electron chi connectivity index (χ2n) is 4.73. The molecular formula is C14H18N2. The van der Waals surface area contributed by atoms with Gasteiger partial charge in [0.2, 0.25) is 0 Å². The number of rotatable bonds is 1. The highest BCUT2D eigenvalue weighted by atomic mass is 15.0. The van der Waals surface area contributed by atoms with E-state index in [2.05, 4.69) is 23.4 Å². The maximum Gasteiger partial charge on any atom is 0.0674 e. The van der Waals surface area contributed by atoms with Crippen molar-refractivity contribution in [3.63, 3.8) is 0 Å². The van der Waals surface area contributed by atoms with Gasteiger partial charge < -0.3 is 4.57 Å². The summed E-state index contributed by atoms with van der Waals surface area (Å²) in [4.78, 5) is 4.34. The Morgan fingerprint density at radius 2 is 2.06 bits per heavy atom. The average Bonchev–Trinajstić information content (AvgIpc) is 2.64. The summed E-state index contributed by atoms with van der Waals surface area (Å²) in [7, 11) is 0. The molecule has 1 aliphatic carbocycles. The van der Waals surface area contributed by atoms with Crippen LogP contribution in [0, 0.1) is 6.92 Å². The molecule has 16 heavy (non-hydrogen) atoms. The minimum atomic E-state index is 1.07. The molecule has 0 N–H and O–H groups in total. The first-order valence-corrected chi connectivity index (χ1v) is 6.27. The van der Waals surface area contributed by atoms with Gasteiger partial charge in [-0.05, 0) is 50.7 Å². The summed E-state index contributed by atoms with van der Waals surface area (Å²) in [6.45, 7) is 5.48. The maximum absolute atomic E-state index is 4.34. The quantitative estimate of drug-likeness (QED) is 0.712. The largest absolute Gasteiger partial charge is 0.343 e. The molecule has 0 unspecified atom stereocenters. The lowest BCUT2D eigenvalue weighted by Gasteiger charge is -2.14. The Labute approximate surface area is 96.3 Å². The van der Waals surface area contributed by atoms with Crippen molar-refractivity contribution in [2.24, 2.45) is 0 Å². The van der Waals surface area contributed by atoms with E-state index < -0.39 is 0 Å². The highest BCUT2D eigenvalue weighted by Gasteiger charge is 2.20. The van der Waals surface area contributed by atoms with Gasteiger partial charge in [-0.2, -0.15) is 0 Å². The Hall–Kier alpha value is -1.31. The van der Waals surface area contributed by atoms with E-state index in [4.69, 9.17) is 0 Å². The van der Waals surface area contributed by atoms with Crippen LogP contribution in [0.1, 0.15) is 36.6 Å². The molecule has 0 bridgehead atoms. The van der Waals surface area contributed by atoms with Gasteiger partial charge in [0, 0.05) is 23.8 Å². The number of pyridine rings is 1. The number of fused-ring (bicyclic) bond motifs is 3. The van der Waals surface area contributed by atoms with Crippen molar-refractivity contribution < 1.29 is 0 Å². The predicted molar refractivity (Wildman–Crippen MR) is 66.8 cm³/mol. The summed E-state index contributed by atoms with van der Waals surface area (Å²) >= 11 is 0. The van der Waals surface area contributed by atoms with Crippen LogP contribution in [0.2, 0.25) is 0 Å². The van der Waals surface area contributed by atoms with Crippen LogP contribution in [0.15, 0.2) is 12.4 Å². The smallest absolute Gasteiger partial charge is 0.0674 e. The molecular weight excluding hydrogens is 196 g/mol. The molecule has 0 saturated carbocycles. The van der Waals surface area contributed by atoms with E-state index in [9.17, 15) is 0 Å². The summed E-state index contributed by atoms with van der Waals surface area (Å²) in [6, 6.07) is 0. The van der Waals surface area contributed by atoms with Gasteiger partial charge in [-0.15, -0.1) is 0 Å². The van der Waals surface area contributed by atoms with Crippen LogP contribution in [0.3, 0.4) is 0 Å². The van der Waals surface area contributed by atoms with Crippen molar-refractivity contribution in [2.75, 3.05) is 0 Å². The first-order valence-electron chi connectivity index (χ1n) is 6.27. The van der Waals surface area contributed by atoms with Gasteiger partial charge in [0.1, 0.15) is 0 Å². The molecule has 0 fully saturated rings. The molecule has 2 nitrogen and oxygen atoms in total. The summed E-state index contributed by atoms with van der Waals surface area (Å²) < 4.78 is 2.46. The molecule has 1 aliphatic rings. The van der Waals surface area contributed by atoms with Crippen LogP contribution in [-0.2, 0) is 19.4 Å². The van der Waals surface area contributed by atoms with Crippen LogP contribution in [0.4, 0.5) is 0 Å². The minimum absolute atomic E-state index is 1.07. The first kappa shape index (κ1) is 9.88. The lowest BCUT2D eigenvalue weighted by atomic mass is 9.94. The van der Waals surface area contributed by atoms with Crippen molar-refractivity contribution in [1.29, 1.82) is 0 Å². The lowest BCUT2D eigenvalue weighted by molar-refractivity contribution is 0.630. The first-order chi connectivity index (χ1) is 7.83. The number of aromatic nitrogens is 2. The molecule has 0 atom stereocenters. The topological polar surface area (TPSA) is 17.8 Å². The van der Waals surface area contributed by atoms with Crippen LogP contribution in [-0.4, -0.2) is 9.55 Å². The van der Waals surface area contributed by atoms with E-state index in [1.165, 1.54) is 42.1 Å². The van der Waals surface area contributed by atoms with Gasteiger partial charge in [-0.25, -0.2) is 0 Å². The molecule has 2 aromatic heterocycles. The molecule has 84 valence electrons.